The molecular weight excluding hydrogens is 290 g/mol. The highest BCUT2D eigenvalue weighted by atomic mass is 79.9. The molecule has 18 heavy (non-hydrogen) atoms. The molecule has 0 unspecified atom stereocenters. The monoisotopic (exact) mass is 307 g/mol. The molecule has 0 spiro atoms. The SMILES string of the molecule is CNCc1nc(-c2c(C)cc(C)cc2C)c(Br)[nH]1. The van der Waals surface area contributed by atoms with E-state index >= 15 is 0 Å². The van der Waals surface area contributed by atoms with E-state index in [-0.39, 0.29) is 0 Å². The highest BCUT2D eigenvalue weighted by Gasteiger charge is 2.14. The van der Waals surface area contributed by atoms with Crippen molar-refractivity contribution in [1.82, 2.24) is 15.3 Å². The van der Waals surface area contributed by atoms with Gasteiger partial charge in [0.25, 0.3) is 0 Å². The molecule has 1 aromatic heterocycles. The molecule has 0 radical (unpaired) electrons. The van der Waals surface area contributed by atoms with Crippen LogP contribution in [0.4, 0.5) is 0 Å². The molecule has 0 aliphatic heterocycles. The van der Waals surface area contributed by atoms with Gasteiger partial charge in [0.05, 0.1) is 6.54 Å². The Balaban J connectivity index is 2.55. The van der Waals surface area contributed by atoms with Crippen molar-refractivity contribution in [2.24, 2.45) is 0 Å². The third-order valence-electron chi connectivity index (χ3n) is 2.97. The molecule has 0 atom stereocenters. The number of hydrogen-bond acceptors (Lipinski definition) is 2. The van der Waals surface area contributed by atoms with Crippen molar-refractivity contribution in [3.63, 3.8) is 0 Å². The van der Waals surface area contributed by atoms with E-state index < -0.39 is 0 Å². The van der Waals surface area contributed by atoms with E-state index in [4.69, 9.17) is 0 Å². The smallest absolute Gasteiger partial charge is 0.121 e. The van der Waals surface area contributed by atoms with E-state index in [1.54, 1.807) is 0 Å². The summed E-state index contributed by atoms with van der Waals surface area (Å²) in [7, 11) is 1.92. The first kappa shape index (κ1) is 13.3. The van der Waals surface area contributed by atoms with Gasteiger partial charge in [0.15, 0.2) is 0 Å². The molecule has 0 aliphatic carbocycles. The molecular formula is C14H18BrN3. The molecule has 0 saturated carbocycles. The Morgan fingerprint density at radius 1 is 1.22 bits per heavy atom. The van der Waals surface area contributed by atoms with Crippen LogP contribution >= 0.6 is 15.9 Å². The summed E-state index contributed by atoms with van der Waals surface area (Å²) in [5.74, 6) is 0.943. The van der Waals surface area contributed by atoms with Crippen LogP contribution in [-0.4, -0.2) is 17.0 Å². The summed E-state index contributed by atoms with van der Waals surface area (Å²) in [6.45, 7) is 7.13. The summed E-state index contributed by atoms with van der Waals surface area (Å²) in [4.78, 5) is 7.91. The zero-order valence-corrected chi connectivity index (χ0v) is 12.8. The molecule has 0 amide bonds. The lowest BCUT2D eigenvalue weighted by Crippen LogP contribution is -2.06. The van der Waals surface area contributed by atoms with Crippen molar-refractivity contribution in [3.05, 3.63) is 39.3 Å². The summed E-state index contributed by atoms with van der Waals surface area (Å²) >= 11 is 3.56. The highest BCUT2D eigenvalue weighted by Crippen LogP contribution is 2.32. The van der Waals surface area contributed by atoms with Gasteiger partial charge >= 0.3 is 0 Å². The van der Waals surface area contributed by atoms with Gasteiger partial charge in [-0.25, -0.2) is 4.98 Å². The van der Waals surface area contributed by atoms with Crippen molar-refractivity contribution in [1.29, 1.82) is 0 Å². The number of halogens is 1. The van der Waals surface area contributed by atoms with Gasteiger partial charge in [-0.05, 0) is 54.9 Å². The fourth-order valence-corrected chi connectivity index (χ4v) is 2.88. The van der Waals surface area contributed by atoms with E-state index in [2.05, 4.69) is 64.1 Å². The third kappa shape index (κ3) is 2.49. The zero-order chi connectivity index (χ0) is 13.3. The molecule has 96 valence electrons. The van der Waals surface area contributed by atoms with Crippen LogP contribution in [0, 0.1) is 20.8 Å². The van der Waals surface area contributed by atoms with Crippen LogP contribution in [0.5, 0.6) is 0 Å². The van der Waals surface area contributed by atoms with E-state index in [0.717, 1.165) is 22.7 Å². The first-order chi connectivity index (χ1) is 8.52. The van der Waals surface area contributed by atoms with Crippen LogP contribution < -0.4 is 5.32 Å². The Hall–Kier alpha value is -1.13. The van der Waals surface area contributed by atoms with Crippen molar-refractivity contribution in [2.75, 3.05) is 7.05 Å². The maximum Gasteiger partial charge on any atom is 0.121 e. The van der Waals surface area contributed by atoms with Gasteiger partial charge in [-0.3, -0.25) is 0 Å². The number of aromatic amines is 1. The Bertz CT molecular complexity index is 549. The number of benzene rings is 1. The summed E-state index contributed by atoms with van der Waals surface area (Å²) in [6, 6.07) is 4.39. The molecule has 0 fully saturated rings. The maximum atomic E-state index is 4.66. The normalized spacial score (nSPS) is 10.9. The minimum absolute atomic E-state index is 0.739. The van der Waals surface area contributed by atoms with Crippen molar-refractivity contribution < 1.29 is 0 Å². The fraction of sp³-hybridized carbons (Fsp3) is 0.357. The van der Waals surface area contributed by atoms with Crippen LogP contribution in [-0.2, 0) is 6.54 Å². The van der Waals surface area contributed by atoms with Crippen LogP contribution in [0.1, 0.15) is 22.5 Å². The summed E-state index contributed by atoms with van der Waals surface area (Å²) in [6.07, 6.45) is 0. The van der Waals surface area contributed by atoms with Crippen LogP contribution in [0.3, 0.4) is 0 Å². The molecule has 0 saturated heterocycles. The summed E-state index contributed by atoms with van der Waals surface area (Å²) in [5, 5.41) is 3.10. The lowest BCUT2D eigenvalue weighted by molar-refractivity contribution is 0.771. The van der Waals surface area contributed by atoms with Gasteiger partial charge in [-0.15, -0.1) is 0 Å². The van der Waals surface area contributed by atoms with Crippen LogP contribution in [0.15, 0.2) is 16.7 Å². The lowest BCUT2D eigenvalue weighted by Gasteiger charge is -2.09. The maximum absolute atomic E-state index is 4.66. The predicted octanol–water partition coefficient (Wildman–Crippen LogP) is 3.48. The fourth-order valence-electron chi connectivity index (χ4n) is 2.37. The average molecular weight is 308 g/mol. The second-order valence-electron chi connectivity index (χ2n) is 4.65. The zero-order valence-electron chi connectivity index (χ0n) is 11.2. The summed E-state index contributed by atoms with van der Waals surface area (Å²) < 4.78 is 0.947. The second kappa shape index (κ2) is 5.24. The van der Waals surface area contributed by atoms with Gasteiger partial charge in [0.2, 0.25) is 0 Å². The minimum atomic E-state index is 0.739. The van der Waals surface area contributed by atoms with Gasteiger partial charge in [-0.1, -0.05) is 17.7 Å². The number of imidazole rings is 1. The molecule has 0 bridgehead atoms. The predicted molar refractivity (Wildman–Crippen MR) is 78.7 cm³/mol. The van der Waals surface area contributed by atoms with Gasteiger partial charge < -0.3 is 10.3 Å². The number of aromatic nitrogens is 2. The topological polar surface area (TPSA) is 40.7 Å². The second-order valence-corrected chi connectivity index (χ2v) is 5.44. The number of rotatable bonds is 3. The number of H-pyrrole nitrogens is 1. The molecule has 4 heteroatoms. The minimum Gasteiger partial charge on any atom is -0.335 e. The standard InChI is InChI=1S/C14H18BrN3/c1-8-5-9(2)12(10(3)6-8)13-14(15)18-11(17-13)7-16-4/h5-6,16H,7H2,1-4H3,(H,17,18). The van der Waals surface area contributed by atoms with Crippen LogP contribution in [0.25, 0.3) is 11.3 Å². The third-order valence-corrected chi connectivity index (χ3v) is 3.54. The Kier molecular flexibility index (Phi) is 3.88. The Labute approximate surface area is 116 Å². The molecule has 1 aromatic carbocycles. The number of hydrogen-bond donors (Lipinski definition) is 2. The molecule has 3 nitrogen and oxygen atoms in total. The average Bonchev–Trinajstić information content (AvgIpc) is 2.59. The van der Waals surface area contributed by atoms with Crippen molar-refractivity contribution in [3.8, 4) is 11.3 Å². The van der Waals surface area contributed by atoms with Crippen molar-refractivity contribution in [2.45, 2.75) is 27.3 Å². The number of nitrogens with one attached hydrogen (secondary N) is 2. The summed E-state index contributed by atoms with van der Waals surface area (Å²) in [5.41, 5.74) is 6.02. The molecule has 2 aromatic rings. The van der Waals surface area contributed by atoms with E-state index in [1.165, 1.54) is 22.3 Å². The Morgan fingerprint density at radius 2 is 1.83 bits per heavy atom. The van der Waals surface area contributed by atoms with E-state index in [9.17, 15) is 0 Å². The first-order valence-corrected chi connectivity index (χ1v) is 6.79. The van der Waals surface area contributed by atoms with E-state index in [1.807, 2.05) is 7.05 Å². The molecule has 1 heterocycles. The molecule has 2 N–H and O–H groups in total. The first-order valence-electron chi connectivity index (χ1n) is 6.00. The number of nitrogens with zero attached hydrogens (tertiary/aromatic N) is 1. The largest absolute Gasteiger partial charge is 0.335 e. The lowest BCUT2D eigenvalue weighted by atomic mass is 9.98. The Morgan fingerprint density at radius 3 is 2.39 bits per heavy atom. The highest BCUT2D eigenvalue weighted by molar-refractivity contribution is 9.10. The molecule has 0 aliphatic rings. The van der Waals surface area contributed by atoms with Gasteiger partial charge in [0.1, 0.15) is 16.1 Å². The number of aryl methyl sites for hydroxylation is 3. The van der Waals surface area contributed by atoms with Gasteiger partial charge in [-0.2, -0.15) is 0 Å². The van der Waals surface area contributed by atoms with Gasteiger partial charge in [0, 0.05) is 5.56 Å². The molecule has 2 rings (SSSR count). The van der Waals surface area contributed by atoms with Crippen molar-refractivity contribution >= 4 is 15.9 Å². The van der Waals surface area contributed by atoms with Crippen LogP contribution in [0.2, 0.25) is 0 Å². The quantitative estimate of drug-likeness (QED) is 0.911. The van der Waals surface area contributed by atoms with E-state index in [0.29, 0.717) is 0 Å².